The summed E-state index contributed by atoms with van der Waals surface area (Å²) in [6.07, 6.45) is 0. The maximum atomic E-state index is 12.8. The van der Waals surface area contributed by atoms with E-state index in [9.17, 15) is 18.5 Å². The van der Waals surface area contributed by atoms with E-state index in [0.29, 0.717) is 26.2 Å². The van der Waals surface area contributed by atoms with Gasteiger partial charge in [-0.15, -0.1) is 0 Å². The number of nitrogens with one attached hydrogen (secondary N) is 1. The number of halogens is 1. The van der Waals surface area contributed by atoms with Gasteiger partial charge in [0.15, 0.2) is 0 Å². The van der Waals surface area contributed by atoms with Crippen LogP contribution in [0.15, 0.2) is 53.4 Å². The molecule has 2 aromatic carbocycles. The lowest BCUT2D eigenvalue weighted by Gasteiger charge is -2.35. The molecule has 1 N–H and O–H groups in total. The average molecular weight is 411 g/mol. The minimum atomic E-state index is -3.63. The van der Waals surface area contributed by atoms with E-state index in [1.807, 2.05) is 13.0 Å². The quantitative estimate of drug-likeness (QED) is 0.602. The molecule has 7 nitrogen and oxygen atoms in total. The topological polar surface area (TPSA) is 85.0 Å². The van der Waals surface area contributed by atoms with Crippen molar-refractivity contribution in [2.45, 2.75) is 17.9 Å². The van der Waals surface area contributed by atoms with E-state index < -0.39 is 14.9 Å². The second-order valence-electron chi connectivity index (χ2n) is 6.57. The molecule has 1 saturated heterocycles. The summed E-state index contributed by atoms with van der Waals surface area (Å²) in [5.74, 6) is 0. The molecule has 0 unspecified atom stereocenters. The fraction of sp³-hybridized carbons (Fsp3) is 0.333. The molecular formula is C18H21ClN3O4S+. The summed E-state index contributed by atoms with van der Waals surface area (Å²) in [6.45, 7) is 4.00. The van der Waals surface area contributed by atoms with Crippen LogP contribution in [0.25, 0.3) is 0 Å². The lowest BCUT2D eigenvalue weighted by atomic mass is 10.1. The van der Waals surface area contributed by atoms with Gasteiger partial charge in [0.25, 0.3) is 5.69 Å². The van der Waals surface area contributed by atoms with E-state index in [4.69, 9.17) is 11.6 Å². The molecule has 0 aliphatic carbocycles. The molecule has 1 aliphatic rings. The first-order chi connectivity index (χ1) is 12.8. The van der Waals surface area contributed by atoms with Gasteiger partial charge in [-0.3, -0.25) is 10.1 Å². The highest BCUT2D eigenvalue weighted by molar-refractivity contribution is 7.89. The van der Waals surface area contributed by atoms with Gasteiger partial charge in [-0.25, -0.2) is 8.42 Å². The lowest BCUT2D eigenvalue weighted by Crippen LogP contribution is -3.14. The van der Waals surface area contributed by atoms with E-state index in [1.165, 1.54) is 21.3 Å². The zero-order valence-corrected chi connectivity index (χ0v) is 16.4. The Bertz CT molecular complexity index is 943. The number of nitro benzene ring substituents is 1. The molecule has 1 aliphatic heterocycles. The third kappa shape index (κ3) is 4.14. The molecule has 0 amide bonds. The number of piperazine rings is 1. The minimum Gasteiger partial charge on any atom is -0.327 e. The molecule has 3 rings (SSSR count). The Morgan fingerprint density at radius 1 is 1.15 bits per heavy atom. The van der Waals surface area contributed by atoms with Gasteiger partial charge in [-0.1, -0.05) is 35.9 Å². The standard InChI is InChI=1S/C18H20ClN3O4S/c1-14(15-5-4-6-16(13-15)22(23)24)20-9-11-21(12-10-20)27(25,26)18-8-3-2-7-17(18)19/h2-8,13-14H,9-12H2,1H3/p+1/t14-/m1/s1. The Morgan fingerprint density at radius 3 is 2.44 bits per heavy atom. The van der Waals surface area contributed by atoms with Crippen molar-refractivity contribution in [2.24, 2.45) is 0 Å². The number of non-ortho nitro benzene ring substituents is 1. The van der Waals surface area contributed by atoms with Crippen LogP contribution in [0.1, 0.15) is 18.5 Å². The van der Waals surface area contributed by atoms with Crippen LogP contribution in [0.4, 0.5) is 5.69 Å². The Hall–Kier alpha value is -2.00. The number of benzene rings is 2. The molecule has 0 saturated carbocycles. The number of sulfonamides is 1. The summed E-state index contributed by atoms with van der Waals surface area (Å²) >= 11 is 6.06. The number of rotatable bonds is 5. The van der Waals surface area contributed by atoms with Crippen LogP contribution < -0.4 is 4.90 Å². The summed E-state index contributed by atoms with van der Waals surface area (Å²) in [7, 11) is -3.63. The Morgan fingerprint density at radius 2 is 1.81 bits per heavy atom. The van der Waals surface area contributed by atoms with Crippen molar-refractivity contribution in [3.8, 4) is 0 Å². The highest BCUT2D eigenvalue weighted by Crippen LogP contribution is 2.24. The maximum absolute atomic E-state index is 12.8. The van der Waals surface area contributed by atoms with Gasteiger partial charge in [-0.05, 0) is 19.1 Å². The summed E-state index contributed by atoms with van der Waals surface area (Å²) < 4.78 is 27.1. The fourth-order valence-electron chi connectivity index (χ4n) is 3.38. The predicted octanol–water partition coefficient (Wildman–Crippen LogP) is 1.90. The number of hydrogen-bond donors (Lipinski definition) is 1. The molecule has 1 fully saturated rings. The highest BCUT2D eigenvalue weighted by atomic mass is 35.5. The first kappa shape index (κ1) is 19.8. The molecule has 0 aromatic heterocycles. The van der Waals surface area contributed by atoms with Crippen LogP contribution in [0, 0.1) is 10.1 Å². The monoisotopic (exact) mass is 410 g/mol. The highest BCUT2D eigenvalue weighted by Gasteiger charge is 2.33. The van der Waals surface area contributed by atoms with Gasteiger partial charge in [-0.2, -0.15) is 4.31 Å². The zero-order valence-electron chi connectivity index (χ0n) is 14.8. The molecule has 0 bridgehead atoms. The Labute approximate surface area is 163 Å². The predicted molar refractivity (Wildman–Crippen MR) is 102 cm³/mol. The number of nitro groups is 1. The van der Waals surface area contributed by atoms with Crippen LogP contribution in [0.2, 0.25) is 5.02 Å². The van der Waals surface area contributed by atoms with E-state index in [1.54, 1.807) is 30.3 Å². The van der Waals surface area contributed by atoms with E-state index in [2.05, 4.69) is 0 Å². The fourth-order valence-corrected chi connectivity index (χ4v) is 5.32. The number of hydrogen-bond acceptors (Lipinski definition) is 4. The number of nitrogens with zero attached hydrogens (tertiary/aromatic N) is 2. The summed E-state index contributed by atoms with van der Waals surface area (Å²) in [5, 5.41) is 11.2. The van der Waals surface area contributed by atoms with E-state index >= 15 is 0 Å². The lowest BCUT2D eigenvalue weighted by molar-refractivity contribution is -0.933. The van der Waals surface area contributed by atoms with Crippen LogP contribution in [0.5, 0.6) is 0 Å². The van der Waals surface area contributed by atoms with Crippen molar-refractivity contribution in [2.75, 3.05) is 26.2 Å². The molecule has 0 spiro atoms. The minimum absolute atomic E-state index is 0.0371. The first-order valence-electron chi connectivity index (χ1n) is 8.64. The van der Waals surface area contributed by atoms with Gasteiger partial charge in [0.05, 0.1) is 36.1 Å². The molecule has 0 radical (unpaired) electrons. The van der Waals surface area contributed by atoms with Crippen molar-refractivity contribution in [3.63, 3.8) is 0 Å². The van der Waals surface area contributed by atoms with Crippen molar-refractivity contribution in [3.05, 3.63) is 69.2 Å². The molecule has 144 valence electrons. The molecule has 9 heteroatoms. The average Bonchev–Trinajstić information content (AvgIpc) is 2.68. The van der Waals surface area contributed by atoms with Crippen LogP contribution in [0.3, 0.4) is 0 Å². The maximum Gasteiger partial charge on any atom is 0.269 e. The van der Waals surface area contributed by atoms with Gasteiger partial charge < -0.3 is 4.90 Å². The molecule has 2 aromatic rings. The van der Waals surface area contributed by atoms with Crippen molar-refractivity contribution in [1.82, 2.24) is 4.31 Å². The Kier molecular flexibility index (Phi) is 5.81. The molecular weight excluding hydrogens is 390 g/mol. The third-order valence-electron chi connectivity index (χ3n) is 5.01. The van der Waals surface area contributed by atoms with Crippen molar-refractivity contribution < 1.29 is 18.2 Å². The largest absolute Gasteiger partial charge is 0.327 e. The molecule has 27 heavy (non-hydrogen) atoms. The number of quaternary nitrogens is 1. The first-order valence-corrected chi connectivity index (χ1v) is 10.5. The van der Waals surface area contributed by atoms with Crippen molar-refractivity contribution >= 4 is 27.3 Å². The van der Waals surface area contributed by atoms with Gasteiger partial charge in [0.2, 0.25) is 10.0 Å². The van der Waals surface area contributed by atoms with Gasteiger partial charge >= 0.3 is 0 Å². The van der Waals surface area contributed by atoms with E-state index in [-0.39, 0.29) is 21.6 Å². The summed E-state index contributed by atoms with van der Waals surface area (Å²) in [4.78, 5) is 11.9. The summed E-state index contributed by atoms with van der Waals surface area (Å²) in [5.41, 5.74) is 0.945. The molecule has 1 atom stereocenters. The zero-order chi connectivity index (χ0) is 19.6. The van der Waals surface area contributed by atoms with Gasteiger partial charge in [0, 0.05) is 17.7 Å². The van der Waals surface area contributed by atoms with Crippen LogP contribution in [-0.2, 0) is 10.0 Å². The van der Waals surface area contributed by atoms with Crippen molar-refractivity contribution in [1.29, 1.82) is 0 Å². The SMILES string of the molecule is C[C@H](c1cccc([N+](=O)[O-])c1)[NH+]1CCN(S(=O)(=O)c2ccccc2Cl)CC1. The molecule has 1 heterocycles. The smallest absolute Gasteiger partial charge is 0.269 e. The second-order valence-corrected chi connectivity index (χ2v) is 8.88. The van der Waals surface area contributed by atoms with Crippen LogP contribution in [-0.4, -0.2) is 43.8 Å². The van der Waals surface area contributed by atoms with Crippen LogP contribution >= 0.6 is 11.6 Å². The third-order valence-corrected chi connectivity index (χ3v) is 7.41. The Balaban J connectivity index is 1.71. The second kappa shape index (κ2) is 7.93. The normalized spacial score (nSPS) is 17.6. The summed E-state index contributed by atoms with van der Waals surface area (Å²) in [6, 6.07) is 13.1. The van der Waals surface area contributed by atoms with Gasteiger partial charge in [0.1, 0.15) is 10.9 Å². The van der Waals surface area contributed by atoms with E-state index in [0.717, 1.165) is 5.56 Å².